The monoisotopic (exact) mass is 320 g/mol. The van der Waals surface area contributed by atoms with Crippen molar-refractivity contribution >= 4 is 17.5 Å². The second-order valence-corrected chi connectivity index (χ2v) is 5.91. The van der Waals surface area contributed by atoms with Gasteiger partial charge in [0.05, 0.1) is 0 Å². The molecule has 2 heterocycles. The maximum Gasteiger partial charge on any atom is 0.274 e. The Morgan fingerprint density at radius 3 is 2.29 bits per heavy atom. The van der Waals surface area contributed by atoms with E-state index in [4.69, 9.17) is 4.84 Å². The van der Waals surface area contributed by atoms with Crippen molar-refractivity contribution in [2.45, 2.75) is 12.5 Å². The van der Waals surface area contributed by atoms with Gasteiger partial charge in [-0.1, -0.05) is 65.8 Å². The lowest BCUT2D eigenvalue weighted by Gasteiger charge is -2.15. The van der Waals surface area contributed by atoms with Gasteiger partial charge < -0.3 is 4.84 Å². The maximum atomic E-state index is 12.7. The molecule has 2 atom stereocenters. The van der Waals surface area contributed by atoms with E-state index in [2.05, 4.69) is 5.16 Å². The Labute approximate surface area is 139 Å². The Balaban J connectivity index is 1.53. The third-order valence-corrected chi connectivity index (χ3v) is 4.44. The van der Waals surface area contributed by atoms with Gasteiger partial charge in [-0.25, -0.2) is 0 Å². The molecule has 0 N–H and O–H groups in total. The molecule has 120 valence electrons. The molecule has 0 aliphatic carbocycles. The predicted octanol–water partition coefficient (Wildman–Crippen LogP) is 2.02. The third-order valence-electron chi connectivity index (χ3n) is 4.44. The van der Waals surface area contributed by atoms with Crippen LogP contribution in [0.15, 0.2) is 65.8 Å². The van der Waals surface area contributed by atoms with Crippen LogP contribution in [0.4, 0.5) is 0 Å². The van der Waals surface area contributed by atoms with Crippen LogP contribution in [-0.4, -0.2) is 35.1 Å². The van der Waals surface area contributed by atoms with Crippen molar-refractivity contribution in [3.8, 4) is 0 Å². The Morgan fingerprint density at radius 2 is 1.58 bits per heavy atom. The molecule has 1 fully saturated rings. The molecule has 0 radical (unpaired) electrons. The molecule has 5 nitrogen and oxygen atoms in total. The molecule has 24 heavy (non-hydrogen) atoms. The fourth-order valence-corrected chi connectivity index (χ4v) is 3.19. The first-order valence-electron chi connectivity index (χ1n) is 7.94. The fourth-order valence-electron chi connectivity index (χ4n) is 3.19. The summed E-state index contributed by atoms with van der Waals surface area (Å²) >= 11 is 0. The maximum absolute atomic E-state index is 12.7. The van der Waals surface area contributed by atoms with Gasteiger partial charge in [-0.05, 0) is 12.0 Å². The van der Waals surface area contributed by atoms with Crippen molar-refractivity contribution in [3.63, 3.8) is 0 Å². The average Bonchev–Trinajstić information content (AvgIpc) is 3.16. The van der Waals surface area contributed by atoms with Crippen molar-refractivity contribution in [1.29, 1.82) is 0 Å². The zero-order chi connectivity index (χ0) is 16.5. The lowest BCUT2D eigenvalue weighted by atomic mass is 9.94. The van der Waals surface area contributed by atoms with Gasteiger partial charge in [-0.3, -0.25) is 14.5 Å². The number of carbonyl (C=O) groups is 2. The van der Waals surface area contributed by atoms with Gasteiger partial charge in [0, 0.05) is 12.1 Å². The lowest BCUT2D eigenvalue weighted by Crippen LogP contribution is -2.35. The number of oxime groups is 1. The van der Waals surface area contributed by atoms with E-state index >= 15 is 0 Å². The van der Waals surface area contributed by atoms with Gasteiger partial charge in [0.25, 0.3) is 5.91 Å². The number of fused-ring (bicyclic) bond motifs is 1. The summed E-state index contributed by atoms with van der Waals surface area (Å²) in [6.07, 6.45) is -0.182. The summed E-state index contributed by atoms with van der Waals surface area (Å²) in [6, 6.07) is 19.2. The highest BCUT2D eigenvalue weighted by atomic mass is 16.6. The minimum absolute atomic E-state index is 0.221. The summed E-state index contributed by atoms with van der Waals surface area (Å²) in [5.41, 5.74) is 2.45. The number of hydrogen-bond donors (Lipinski definition) is 0. The topological polar surface area (TPSA) is 59.0 Å². The van der Waals surface area contributed by atoms with Crippen LogP contribution < -0.4 is 0 Å². The number of benzene rings is 2. The molecule has 1 saturated heterocycles. The largest absolute Gasteiger partial charge is 0.381 e. The molecular formula is C19H16N2O3. The van der Waals surface area contributed by atoms with Gasteiger partial charge in [0.2, 0.25) is 12.0 Å². The first-order valence-corrected chi connectivity index (χ1v) is 7.94. The van der Waals surface area contributed by atoms with E-state index in [9.17, 15) is 9.59 Å². The van der Waals surface area contributed by atoms with Gasteiger partial charge in [-0.15, -0.1) is 0 Å². The van der Waals surface area contributed by atoms with Crippen LogP contribution in [0.25, 0.3) is 0 Å². The fraction of sp³-hybridized carbons (Fsp3) is 0.211. The molecule has 5 heteroatoms. The summed E-state index contributed by atoms with van der Waals surface area (Å²) < 4.78 is 0. The van der Waals surface area contributed by atoms with Crippen LogP contribution in [0.2, 0.25) is 0 Å². The van der Waals surface area contributed by atoms with Crippen molar-refractivity contribution in [2.75, 3.05) is 6.54 Å². The Kier molecular flexibility index (Phi) is 3.61. The molecule has 0 bridgehead atoms. The van der Waals surface area contributed by atoms with Gasteiger partial charge in [-0.2, -0.15) is 0 Å². The van der Waals surface area contributed by atoms with Crippen LogP contribution in [0.1, 0.15) is 11.1 Å². The smallest absolute Gasteiger partial charge is 0.274 e. The first-order chi connectivity index (χ1) is 11.8. The SMILES string of the molecule is O=C1[C@@H]2C(c3ccccc3)=NO[C@@H]2C(=O)N1CCc1ccccc1. The molecule has 0 spiro atoms. The Morgan fingerprint density at radius 1 is 0.917 bits per heavy atom. The molecule has 4 rings (SSSR count). The van der Waals surface area contributed by atoms with Crippen molar-refractivity contribution in [1.82, 2.24) is 4.90 Å². The van der Waals surface area contributed by atoms with Crippen LogP contribution >= 0.6 is 0 Å². The third kappa shape index (κ3) is 2.38. The molecular weight excluding hydrogens is 304 g/mol. The lowest BCUT2D eigenvalue weighted by molar-refractivity contribution is -0.142. The first kappa shape index (κ1) is 14.6. The highest BCUT2D eigenvalue weighted by Crippen LogP contribution is 2.32. The second-order valence-electron chi connectivity index (χ2n) is 5.91. The Bertz CT molecular complexity index is 802. The standard InChI is InChI=1S/C19H16N2O3/c22-18-15-16(14-9-5-2-6-10-14)20-24-17(15)19(23)21(18)12-11-13-7-3-1-4-8-13/h1-10,15,17H,11-12H2/t15-,17+/m1/s1. The zero-order valence-electron chi connectivity index (χ0n) is 13.0. The van der Waals surface area contributed by atoms with Crippen LogP contribution in [0.5, 0.6) is 0 Å². The highest BCUT2D eigenvalue weighted by Gasteiger charge is 2.55. The number of nitrogens with zero attached hydrogens (tertiary/aromatic N) is 2. The summed E-state index contributed by atoms with van der Waals surface area (Å²) in [4.78, 5) is 31.8. The van der Waals surface area contributed by atoms with E-state index in [0.29, 0.717) is 18.7 Å². The molecule has 0 aromatic heterocycles. The van der Waals surface area contributed by atoms with E-state index < -0.39 is 12.0 Å². The number of carbonyl (C=O) groups excluding carboxylic acids is 2. The molecule has 0 unspecified atom stereocenters. The Hall–Kier alpha value is -2.95. The van der Waals surface area contributed by atoms with E-state index in [1.807, 2.05) is 60.7 Å². The van der Waals surface area contributed by atoms with E-state index in [0.717, 1.165) is 11.1 Å². The summed E-state index contributed by atoms with van der Waals surface area (Å²) in [6.45, 7) is 0.361. The zero-order valence-corrected chi connectivity index (χ0v) is 13.0. The van der Waals surface area contributed by atoms with Gasteiger partial charge >= 0.3 is 0 Å². The van der Waals surface area contributed by atoms with Crippen molar-refractivity contribution in [2.24, 2.45) is 11.1 Å². The number of hydrogen-bond acceptors (Lipinski definition) is 4. The van der Waals surface area contributed by atoms with E-state index in [-0.39, 0.29) is 11.8 Å². The molecule has 2 aromatic carbocycles. The normalized spacial score (nSPS) is 22.3. The quantitative estimate of drug-likeness (QED) is 0.810. The summed E-state index contributed by atoms with van der Waals surface area (Å²) in [7, 11) is 0. The number of imide groups is 1. The van der Waals surface area contributed by atoms with Crippen molar-refractivity contribution < 1.29 is 14.4 Å². The number of amides is 2. The molecule has 2 aliphatic heterocycles. The van der Waals surface area contributed by atoms with Crippen LogP contribution in [-0.2, 0) is 20.8 Å². The van der Waals surface area contributed by atoms with Crippen LogP contribution in [0.3, 0.4) is 0 Å². The van der Waals surface area contributed by atoms with E-state index in [1.54, 1.807) is 0 Å². The number of rotatable bonds is 4. The number of likely N-dealkylation sites (tertiary alicyclic amines) is 1. The molecule has 2 aromatic rings. The molecule has 2 aliphatic rings. The summed E-state index contributed by atoms with van der Waals surface area (Å²) in [5, 5.41) is 3.99. The average molecular weight is 320 g/mol. The predicted molar refractivity (Wildman–Crippen MR) is 88.2 cm³/mol. The highest BCUT2D eigenvalue weighted by molar-refractivity contribution is 6.23. The molecule has 2 amide bonds. The van der Waals surface area contributed by atoms with Crippen LogP contribution in [0, 0.1) is 5.92 Å². The van der Waals surface area contributed by atoms with Gasteiger partial charge in [0.1, 0.15) is 11.6 Å². The van der Waals surface area contributed by atoms with Crippen molar-refractivity contribution in [3.05, 3.63) is 71.8 Å². The molecule has 0 saturated carbocycles. The second kappa shape index (κ2) is 5.92. The van der Waals surface area contributed by atoms with E-state index in [1.165, 1.54) is 4.90 Å². The minimum Gasteiger partial charge on any atom is -0.381 e. The minimum atomic E-state index is -0.816. The van der Waals surface area contributed by atoms with Gasteiger partial charge in [0.15, 0.2) is 0 Å². The summed E-state index contributed by atoms with van der Waals surface area (Å²) in [5.74, 6) is -1.15.